The molecular weight excluding hydrogens is 446 g/mol. The maximum absolute atomic E-state index is 12.6. The fourth-order valence-electron chi connectivity index (χ4n) is 2.96. The van der Waals surface area contributed by atoms with Crippen molar-refractivity contribution < 1.29 is 8.42 Å². The number of halogens is 2. The molecule has 1 aromatic heterocycles. The molecule has 136 valence electrons. The first-order chi connectivity index (χ1) is 11.7. The molecule has 0 radical (unpaired) electrons. The summed E-state index contributed by atoms with van der Waals surface area (Å²) in [5.41, 5.74) is 1.34. The van der Waals surface area contributed by atoms with Crippen molar-refractivity contribution in [2.24, 2.45) is 0 Å². The third-order valence-electron chi connectivity index (χ3n) is 3.93. The van der Waals surface area contributed by atoms with Gasteiger partial charge in [0.05, 0.1) is 14.5 Å². The minimum absolute atomic E-state index is 0.241. The number of nitrogens with zero attached hydrogens (tertiary/aromatic N) is 1. The monoisotopic (exact) mass is 463 g/mol. The van der Waals surface area contributed by atoms with Gasteiger partial charge in [-0.2, -0.15) is 0 Å². The predicted molar refractivity (Wildman–Crippen MR) is 109 cm³/mol. The van der Waals surface area contributed by atoms with Gasteiger partial charge in [0, 0.05) is 30.9 Å². The fourth-order valence-corrected chi connectivity index (χ4v) is 6.26. The summed E-state index contributed by atoms with van der Waals surface area (Å²) < 4.78 is 28.7. The van der Waals surface area contributed by atoms with Gasteiger partial charge in [-0.05, 0) is 60.1 Å². The van der Waals surface area contributed by atoms with E-state index in [2.05, 4.69) is 44.7 Å². The SMILES string of the molecule is C[C@@H]1CN(c2ccc(Cl)c(NS(=O)(=O)c3ccc(Br)s3)c2)C[C@H](C)N1. The third-order valence-corrected chi connectivity index (χ3v) is 7.74. The second-order valence-corrected chi connectivity index (χ2v) is 11.0. The summed E-state index contributed by atoms with van der Waals surface area (Å²) in [6, 6.07) is 9.46. The van der Waals surface area contributed by atoms with E-state index in [-0.39, 0.29) is 4.21 Å². The summed E-state index contributed by atoms with van der Waals surface area (Å²) >= 11 is 10.7. The van der Waals surface area contributed by atoms with Gasteiger partial charge in [-0.3, -0.25) is 4.72 Å². The van der Waals surface area contributed by atoms with Crippen molar-refractivity contribution in [2.45, 2.75) is 30.1 Å². The molecule has 1 aromatic carbocycles. The van der Waals surface area contributed by atoms with E-state index in [1.54, 1.807) is 24.3 Å². The van der Waals surface area contributed by atoms with Crippen LogP contribution in [0.1, 0.15) is 13.8 Å². The van der Waals surface area contributed by atoms with E-state index in [1.807, 2.05) is 6.07 Å². The molecule has 2 atom stereocenters. The molecule has 1 aliphatic heterocycles. The van der Waals surface area contributed by atoms with Gasteiger partial charge >= 0.3 is 0 Å². The lowest BCUT2D eigenvalue weighted by atomic mass is 10.1. The minimum Gasteiger partial charge on any atom is -0.368 e. The highest BCUT2D eigenvalue weighted by atomic mass is 79.9. The lowest BCUT2D eigenvalue weighted by Gasteiger charge is -2.37. The van der Waals surface area contributed by atoms with Crippen molar-refractivity contribution in [2.75, 3.05) is 22.7 Å². The molecule has 1 saturated heterocycles. The zero-order valence-electron chi connectivity index (χ0n) is 13.8. The highest BCUT2D eigenvalue weighted by Crippen LogP contribution is 2.32. The topological polar surface area (TPSA) is 61.4 Å². The molecule has 3 rings (SSSR count). The van der Waals surface area contributed by atoms with E-state index >= 15 is 0 Å². The number of benzene rings is 1. The summed E-state index contributed by atoms with van der Waals surface area (Å²) in [6.45, 7) is 5.99. The summed E-state index contributed by atoms with van der Waals surface area (Å²) in [6.07, 6.45) is 0. The van der Waals surface area contributed by atoms with E-state index in [4.69, 9.17) is 11.6 Å². The van der Waals surface area contributed by atoms with E-state index < -0.39 is 10.0 Å². The van der Waals surface area contributed by atoms with Crippen LogP contribution in [0, 0.1) is 0 Å². The van der Waals surface area contributed by atoms with Gasteiger partial charge in [-0.25, -0.2) is 8.42 Å². The zero-order chi connectivity index (χ0) is 18.2. The molecule has 9 heteroatoms. The maximum Gasteiger partial charge on any atom is 0.271 e. The molecule has 5 nitrogen and oxygen atoms in total. The van der Waals surface area contributed by atoms with Crippen LogP contribution < -0.4 is 14.9 Å². The average molecular weight is 465 g/mol. The van der Waals surface area contributed by atoms with E-state index in [0.717, 1.165) is 33.9 Å². The molecule has 1 fully saturated rings. The van der Waals surface area contributed by atoms with Gasteiger partial charge < -0.3 is 10.2 Å². The van der Waals surface area contributed by atoms with Crippen LogP contribution in [0.2, 0.25) is 5.02 Å². The number of sulfonamides is 1. The molecule has 0 aliphatic carbocycles. The standard InChI is InChI=1S/C16H19BrClN3O2S2/c1-10-8-21(9-11(2)19-10)12-3-4-13(18)14(7-12)20-25(22,23)16-6-5-15(17)24-16/h3-7,10-11,19-20H,8-9H2,1-2H3/t10-,11+. The van der Waals surface area contributed by atoms with E-state index in [1.165, 1.54) is 0 Å². The van der Waals surface area contributed by atoms with Crippen molar-refractivity contribution in [3.05, 3.63) is 39.1 Å². The van der Waals surface area contributed by atoms with Crippen molar-refractivity contribution >= 4 is 60.3 Å². The number of piperazine rings is 1. The molecule has 2 heterocycles. The number of nitrogens with one attached hydrogen (secondary N) is 2. The van der Waals surface area contributed by atoms with Gasteiger partial charge in [-0.15, -0.1) is 11.3 Å². The summed E-state index contributed by atoms with van der Waals surface area (Å²) in [5, 5.41) is 3.86. The first kappa shape index (κ1) is 19.0. The average Bonchev–Trinajstić information content (AvgIpc) is 2.96. The van der Waals surface area contributed by atoms with Gasteiger partial charge in [0.1, 0.15) is 4.21 Å². The molecule has 1 aliphatic rings. The smallest absolute Gasteiger partial charge is 0.271 e. The van der Waals surface area contributed by atoms with Gasteiger partial charge in [-0.1, -0.05) is 11.6 Å². The van der Waals surface area contributed by atoms with Crippen LogP contribution in [0.25, 0.3) is 0 Å². The Morgan fingerprint density at radius 2 is 1.92 bits per heavy atom. The second-order valence-electron chi connectivity index (χ2n) is 6.20. The Morgan fingerprint density at radius 3 is 2.52 bits per heavy atom. The van der Waals surface area contributed by atoms with Gasteiger partial charge in [0.25, 0.3) is 10.0 Å². The number of hydrogen-bond donors (Lipinski definition) is 2. The Bertz CT molecular complexity index is 862. The molecule has 0 spiro atoms. The Balaban J connectivity index is 1.87. The molecule has 2 aromatic rings. The Kier molecular flexibility index (Phi) is 5.65. The van der Waals surface area contributed by atoms with Crippen LogP contribution in [0.3, 0.4) is 0 Å². The van der Waals surface area contributed by atoms with Gasteiger partial charge in [0.2, 0.25) is 0 Å². The van der Waals surface area contributed by atoms with E-state index in [0.29, 0.717) is 22.8 Å². The summed E-state index contributed by atoms with van der Waals surface area (Å²) in [5.74, 6) is 0. The van der Waals surface area contributed by atoms with Crippen LogP contribution in [0.4, 0.5) is 11.4 Å². The molecule has 25 heavy (non-hydrogen) atoms. The highest BCUT2D eigenvalue weighted by Gasteiger charge is 2.23. The Hall–Kier alpha value is -0.800. The van der Waals surface area contributed by atoms with Gasteiger partial charge in [0.15, 0.2) is 0 Å². The first-order valence-corrected chi connectivity index (χ1v) is 11.3. The van der Waals surface area contributed by atoms with Crippen LogP contribution >= 0.6 is 38.9 Å². The normalized spacial score (nSPS) is 21.4. The van der Waals surface area contributed by atoms with Crippen molar-refractivity contribution in [1.82, 2.24) is 5.32 Å². The zero-order valence-corrected chi connectivity index (χ0v) is 17.8. The quantitative estimate of drug-likeness (QED) is 0.713. The first-order valence-electron chi connectivity index (χ1n) is 7.83. The molecule has 0 bridgehead atoms. The molecule has 0 amide bonds. The molecule has 0 saturated carbocycles. The summed E-state index contributed by atoms with van der Waals surface area (Å²) in [4.78, 5) is 2.24. The van der Waals surface area contributed by atoms with Crippen LogP contribution in [0.15, 0.2) is 38.3 Å². The second kappa shape index (κ2) is 7.44. The predicted octanol–water partition coefficient (Wildman–Crippen LogP) is 4.15. The lowest BCUT2D eigenvalue weighted by Crippen LogP contribution is -2.54. The number of hydrogen-bond acceptors (Lipinski definition) is 5. The summed E-state index contributed by atoms with van der Waals surface area (Å²) in [7, 11) is -3.66. The number of anilines is 2. The van der Waals surface area contributed by atoms with Crippen molar-refractivity contribution in [3.8, 4) is 0 Å². The lowest BCUT2D eigenvalue weighted by molar-refractivity contribution is 0.407. The molecular formula is C16H19BrClN3O2S2. The molecule has 0 unspecified atom stereocenters. The third kappa shape index (κ3) is 4.49. The Morgan fingerprint density at radius 1 is 1.24 bits per heavy atom. The van der Waals surface area contributed by atoms with Crippen LogP contribution in [-0.2, 0) is 10.0 Å². The van der Waals surface area contributed by atoms with E-state index in [9.17, 15) is 8.42 Å². The van der Waals surface area contributed by atoms with Crippen LogP contribution in [-0.4, -0.2) is 33.6 Å². The Labute approximate surface area is 165 Å². The van der Waals surface area contributed by atoms with Crippen molar-refractivity contribution in [3.63, 3.8) is 0 Å². The van der Waals surface area contributed by atoms with Crippen molar-refractivity contribution in [1.29, 1.82) is 0 Å². The maximum atomic E-state index is 12.6. The largest absolute Gasteiger partial charge is 0.368 e. The number of thiophene rings is 1. The molecule has 2 N–H and O–H groups in total. The fraction of sp³-hybridized carbons (Fsp3) is 0.375. The highest BCUT2D eigenvalue weighted by molar-refractivity contribution is 9.11. The number of rotatable bonds is 4. The minimum atomic E-state index is -3.66. The van der Waals surface area contributed by atoms with Crippen LogP contribution in [0.5, 0.6) is 0 Å².